The quantitative estimate of drug-likeness (QED) is 0.853. The van der Waals surface area contributed by atoms with Gasteiger partial charge in [-0.3, -0.25) is 4.98 Å². The molecule has 0 fully saturated rings. The van der Waals surface area contributed by atoms with Crippen LogP contribution in [-0.4, -0.2) is 18.6 Å². The van der Waals surface area contributed by atoms with Gasteiger partial charge in [0.1, 0.15) is 12.4 Å². The Morgan fingerprint density at radius 1 is 1.18 bits per heavy atom. The Balaban J connectivity index is 1.97. The normalized spacial score (nSPS) is 12.1. The minimum atomic E-state index is 0.156. The third-order valence-electron chi connectivity index (χ3n) is 2.60. The van der Waals surface area contributed by atoms with Crippen molar-refractivity contribution >= 4 is 0 Å². The number of nitrogens with zero attached hydrogens (tertiary/aromatic N) is 1. The van der Waals surface area contributed by atoms with Crippen LogP contribution in [0.3, 0.4) is 0 Å². The van der Waals surface area contributed by atoms with E-state index in [0.717, 1.165) is 11.3 Å². The lowest BCUT2D eigenvalue weighted by Crippen LogP contribution is -2.23. The zero-order valence-electron chi connectivity index (χ0n) is 9.84. The molecule has 1 atom stereocenters. The highest BCUT2D eigenvalue weighted by molar-refractivity contribution is 5.21. The third-order valence-corrected chi connectivity index (χ3v) is 2.60. The lowest BCUT2D eigenvalue weighted by Gasteiger charge is -2.16. The lowest BCUT2D eigenvalue weighted by molar-refractivity contribution is 0.273. The molecule has 0 radical (unpaired) electrons. The van der Waals surface area contributed by atoms with E-state index in [2.05, 4.69) is 10.3 Å². The Morgan fingerprint density at radius 3 is 2.65 bits per heavy atom. The lowest BCUT2D eigenvalue weighted by atomic mass is 10.1. The third kappa shape index (κ3) is 3.29. The summed E-state index contributed by atoms with van der Waals surface area (Å²) in [5.41, 5.74) is 1.13. The molecule has 88 valence electrons. The minimum Gasteiger partial charge on any atom is -0.492 e. The van der Waals surface area contributed by atoms with Gasteiger partial charge in [-0.25, -0.2) is 0 Å². The van der Waals surface area contributed by atoms with Gasteiger partial charge in [-0.1, -0.05) is 24.3 Å². The Morgan fingerprint density at radius 2 is 2.00 bits per heavy atom. The summed E-state index contributed by atoms with van der Waals surface area (Å²) in [5, 5.41) is 3.22. The number of hydrogen-bond donors (Lipinski definition) is 1. The Hall–Kier alpha value is -1.87. The van der Waals surface area contributed by atoms with E-state index < -0.39 is 0 Å². The molecule has 2 rings (SSSR count). The maximum absolute atomic E-state index is 5.72. The number of aromatic nitrogens is 1. The van der Waals surface area contributed by atoms with Crippen LogP contribution in [0.5, 0.6) is 5.75 Å². The van der Waals surface area contributed by atoms with Gasteiger partial charge in [0.25, 0.3) is 0 Å². The number of rotatable bonds is 5. The van der Waals surface area contributed by atoms with Crippen LogP contribution < -0.4 is 10.1 Å². The standard InChI is InChI=1S/C14H16N2O/c1-15-14(12-6-5-9-16-10-12)11-17-13-7-3-2-4-8-13/h2-10,14-15H,11H2,1H3. The van der Waals surface area contributed by atoms with Gasteiger partial charge in [0.2, 0.25) is 0 Å². The molecule has 3 nitrogen and oxygen atoms in total. The molecular formula is C14H16N2O. The van der Waals surface area contributed by atoms with Crippen molar-refractivity contribution < 1.29 is 4.74 Å². The van der Waals surface area contributed by atoms with Gasteiger partial charge in [0, 0.05) is 12.4 Å². The smallest absolute Gasteiger partial charge is 0.119 e. The van der Waals surface area contributed by atoms with E-state index in [1.807, 2.05) is 55.7 Å². The molecule has 1 aromatic heterocycles. The van der Waals surface area contributed by atoms with Crippen LogP contribution in [0.4, 0.5) is 0 Å². The topological polar surface area (TPSA) is 34.1 Å². The molecular weight excluding hydrogens is 212 g/mol. The highest BCUT2D eigenvalue weighted by Crippen LogP contribution is 2.14. The average molecular weight is 228 g/mol. The first kappa shape index (κ1) is 11.6. The molecule has 0 amide bonds. The van der Waals surface area contributed by atoms with E-state index in [4.69, 9.17) is 4.74 Å². The molecule has 0 saturated heterocycles. The number of likely N-dealkylation sites (N-methyl/N-ethyl adjacent to an activating group) is 1. The zero-order chi connectivity index (χ0) is 11.9. The van der Waals surface area contributed by atoms with Gasteiger partial charge in [-0.2, -0.15) is 0 Å². The zero-order valence-corrected chi connectivity index (χ0v) is 9.84. The van der Waals surface area contributed by atoms with Crippen molar-refractivity contribution in [2.45, 2.75) is 6.04 Å². The molecule has 0 spiro atoms. The first-order chi connectivity index (χ1) is 8.40. The van der Waals surface area contributed by atoms with Crippen molar-refractivity contribution in [1.29, 1.82) is 0 Å². The maximum atomic E-state index is 5.72. The van der Waals surface area contributed by atoms with Gasteiger partial charge >= 0.3 is 0 Å². The van der Waals surface area contributed by atoms with Gasteiger partial charge in [0.15, 0.2) is 0 Å². The molecule has 1 heterocycles. The fraction of sp³-hybridized carbons (Fsp3) is 0.214. The van der Waals surface area contributed by atoms with Crippen LogP contribution in [0, 0.1) is 0 Å². The van der Waals surface area contributed by atoms with Crippen molar-refractivity contribution in [3.63, 3.8) is 0 Å². The summed E-state index contributed by atoms with van der Waals surface area (Å²) in [6.07, 6.45) is 3.63. The van der Waals surface area contributed by atoms with Gasteiger partial charge in [-0.15, -0.1) is 0 Å². The molecule has 0 aliphatic rings. The van der Waals surface area contributed by atoms with E-state index in [1.54, 1.807) is 6.20 Å². The second-order valence-corrected chi connectivity index (χ2v) is 3.75. The van der Waals surface area contributed by atoms with E-state index in [1.165, 1.54) is 0 Å². The van der Waals surface area contributed by atoms with Crippen LogP contribution >= 0.6 is 0 Å². The molecule has 3 heteroatoms. The number of pyridine rings is 1. The van der Waals surface area contributed by atoms with E-state index in [0.29, 0.717) is 6.61 Å². The number of hydrogen-bond acceptors (Lipinski definition) is 3. The average Bonchev–Trinajstić information content (AvgIpc) is 2.42. The first-order valence-electron chi connectivity index (χ1n) is 5.65. The fourth-order valence-electron chi connectivity index (χ4n) is 1.62. The van der Waals surface area contributed by atoms with Gasteiger partial charge in [-0.05, 0) is 30.8 Å². The summed E-state index contributed by atoms with van der Waals surface area (Å²) in [4.78, 5) is 4.11. The number of ether oxygens (including phenoxy) is 1. The summed E-state index contributed by atoms with van der Waals surface area (Å²) >= 11 is 0. The van der Waals surface area contributed by atoms with E-state index >= 15 is 0 Å². The van der Waals surface area contributed by atoms with Crippen molar-refractivity contribution in [3.8, 4) is 5.75 Å². The number of para-hydroxylation sites is 1. The van der Waals surface area contributed by atoms with Crippen LogP contribution in [0.25, 0.3) is 0 Å². The molecule has 1 unspecified atom stereocenters. The second kappa shape index (κ2) is 6.01. The van der Waals surface area contributed by atoms with Gasteiger partial charge < -0.3 is 10.1 Å². The Labute approximate surface area is 101 Å². The van der Waals surface area contributed by atoms with Gasteiger partial charge in [0.05, 0.1) is 6.04 Å². The summed E-state index contributed by atoms with van der Waals surface area (Å²) in [5.74, 6) is 0.886. The fourth-order valence-corrected chi connectivity index (χ4v) is 1.62. The van der Waals surface area contributed by atoms with Crippen molar-refractivity contribution in [3.05, 3.63) is 60.4 Å². The number of benzene rings is 1. The second-order valence-electron chi connectivity index (χ2n) is 3.75. The highest BCUT2D eigenvalue weighted by Gasteiger charge is 2.09. The summed E-state index contributed by atoms with van der Waals surface area (Å²) in [7, 11) is 1.92. The first-order valence-corrected chi connectivity index (χ1v) is 5.65. The molecule has 0 saturated carbocycles. The van der Waals surface area contributed by atoms with Crippen LogP contribution in [0.2, 0.25) is 0 Å². The van der Waals surface area contributed by atoms with Crippen LogP contribution in [-0.2, 0) is 0 Å². The monoisotopic (exact) mass is 228 g/mol. The highest BCUT2D eigenvalue weighted by atomic mass is 16.5. The largest absolute Gasteiger partial charge is 0.492 e. The molecule has 1 N–H and O–H groups in total. The van der Waals surface area contributed by atoms with E-state index in [-0.39, 0.29) is 6.04 Å². The predicted molar refractivity (Wildman–Crippen MR) is 68.0 cm³/mol. The number of nitrogens with one attached hydrogen (secondary N) is 1. The summed E-state index contributed by atoms with van der Waals surface area (Å²) in [6.45, 7) is 0.589. The van der Waals surface area contributed by atoms with Crippen molar-refractivity contribution in [1.82, 2.24) is 10.3 Å². The molecule has 0 bridgehead atoms. The maximum Gasteiger partial charge on any atom is 0.119 e. The molecule has 2 aromatic rings. The molecule has 1 aromatic carbocycles. The Kier molecular flexibility index (Phi) is 4.11. The minimum absolute atomic E-state index is 0.156. The molecule has 17 heavy (non-hydrogen) atoms. The van der Waals surface area contributed by atoms with E-state index in [9.17, 15) is 0 Å². The summed E-state index contributed by atoms with van der Waals surface area (Å²) < 4.78 is 5.72. The predicted octanol–water partition coefficient (Wildman–Crippen LogP) is 2.42. The Bertz CT molecular complexity index is 430. The van der Waals surface area contributed by atoms with Crippen LogP contribution in [0.15, 0.2) is 54.9 Å². The molecule has 0 aliphatic carbocycles. The molecule has 0 aliphatic heterocycles. The summed E-state index contributed by atoms with van der Waals surface area (Å²) in [6, 6.07) is 13.9. The SMILES string of the molecule is CNC(COc1ccccc1)c1cccnc1. The van der Waals surface area contributed by atoms with Crippen LogP contribution in [0.1, 0.15) is 11.6 Å². The van der Waals surface area contributed by atoms with Crippen molar-refractivity contribution in [2.75, 3.05) is 13.7 Å². The van der Waals surface area contributed by atoms with Crippen molar-refractivity contribution in [2.24, 2.45) is 0 Å².